The van der Waals surface area contributed by atoms with Crippen LogP contribution in [0.2, 0.25) is 0 Å². The number of para-hydroxylation sites is 1. The Morgan fingerprint density at radius 3 is 2.67 bits per heavy atom. The number of benzene rings is 1. The van der Waals surface area contributed by atoms with Gasteiger partial charge in [0.15, 0.2) is 0 Å². The number of hydrogen-bond donors (Lipinski definition) is 2. The first-order chi connectivity index (χ1) is 8.50. The first-order valence-electron chi connectivity index (χ1n) is 5.27. The van der Waals surface area contributed by atoms with Crippen LogP contribution in [-0.2, 0) is 4.79 Å². The monoisotopic (exact) mass is 266 g/mol. The summed E-state index contributed by atoms with van der Waals surface area (Å²) in [6.07, 6.45) is 0. The number of hydrogen-bond acceptors (Lipinski definition) is 3. The summed E-state index contributed by atoms with van der Waals surface area (Å²) in [6.45, 7) is 1.53. The highest BCUT2D eigenvalue weighted by atomic mass is 35.5. The van der Waals surface area contributed by atoms with Crippen molar-refractivity contribution in [1.82, 2.24) is 0 Å². The number of carbonyl (C=O) groups excluding carboxylic acids is 2. The van der Waals surface area contributed by atoms with Gasteiger partial charge in [-0.2, -0.15) is 0 Å². The lowest BCUT2D eigenvalue weighted by Gasteiger charge is -2.05. The fourth-order valence-corrected chi connectivity index (χ4v) is 1.62. The maximum Gasteiger partial charge on any atom is 0.286 e. The van der Waals surface area contributed by atoms with E-state index in [2.05, 4.69) is 5.32 Å². The highest BCUT2D eigenvalue weighted by molar-refractivity contribution is 6.32. The van der Waals surface area contributed by atoms with E-state index in [4.69, 9.17) is 21.8 Å². The lowest BCUT2D eigenvalue weighted by atomic mass is 10.2. The molecule has 6 heteroatoms. The predicted molar refractivity (Wildman–Crippen MR) is 68.7 cm³/mol. The molecule has 0 bridgehead atoms. The first-order valence-corrected chi connectivity index (χ1v) is 5.70. The molecule has 0 aliphatic heterocycles. The molecule has 1 atom stereocenters. The molecule has 0 saturated carbocycles. The van der Waals surface area contributed by atoms with E-state index in [1.165, 1.54) is 6.92 Å². The molecule has 1 heterocycles. The predicted octanol–water partition coefficient (Wildman–Crippen LogP) is 2.10. The molecule has 0 aliphatic rings. The van der Waals surface area contributed by atoms with Gasteiger partial charge in [0.1, 0.15) is 16.6 Å². The van der Waals surface area contributed by atoms with Crippen molar-refractivity contribution in [3.8, 4) is 0 Å². The number of primary amides is 1. The molecule has 2 amide bonds. The van der Waals surface area contributed by atoms with Crippen LogP contribution in [0.5, 0.6) is 0 Å². The summed E-state index contributed by atoms with van der Waals surface area (Å²) in [7, 11) is 0. The van der Waals surface area contributed by atoms with E-state index < -0.39 is 17.2 Å². The summed E-state index contributed by atoms with van der Waals surface area (Å²) in [6, 6.07) is 6.93. The fraction of sp³-hybridized carbons (Fsp3) is 0.167. The molecule has 2 rings (SSSR count). The van der Waals surface area contributed by atoms with Crippen LogP contribution < -0.4 is 11.1 Å². The van der Waals surface area contributed by atoms with Gasteiger partial charge in [-0.3, -0.25) is 9.59 Å². The Bertz CT molecular complexity index is 619. The average Bonchev–Trinajstić information content (AvgIpc) is 2.68. The molecule has 1 aromatic heterocycles. The van der Waals surface area contributed by atoms with Crippen LogP contribution in [0.25, 0.3) is 11.0 Å². The highest BCUT2D eigenvalue weighted by Gasteiger charge is 2.21. The quantitative estimate of drug-likeness (QED) is 0.834. The van der Waals surface area contributed by atoms with Crippen LogP contribution in [0, 0.1) is 0 Å². The fourth-order valence-electron chi connectivity index (χ4n) is 1.57. The van der Waals surface area contributed by atoms with Gasteiger partial charge in [-0.15, -0.1) is 11.6 Å². The SMILES string of the molecule is C[C@@H](Cl)C(=O)Nc1c(C(N)=O)oc2ccccc12. The Balaban J connectivity index is 2.55. The number of nitrogens with two attached hydrogens (primary N) is 1. The Kier molecular flexibility index (Phi) is 3.25. The molecule has 0 fully saturated rings. The maximum absolute atomic E-state index is 11.6. The molecule has 0 unspecified atom stereocenters. The molecular formula is C12H11ClN2O3. The number of amides is 2. The standard InChI is InChI=1S/C12H11ClN2O3/c1-6(13)12(17)15-9-7-4-2-3-5-8(7)18-10(9)11(14)16/h2-6H,1H3,(H2,14,16)(H,15,17)/t6-/m1/s1. The first kappa shape index (κ1) is 12.4. The van der Waals surface area contributed by atoms with Gasteiger partial charge in [-0.05, 0) is 19.1 Å². The van der Waals surface area contributed by atoms with Crippen LogP contribution in [-0.4, -0.2) is 17.2 Å². The Hall–Kier alpha value is -2.01. The van der Waals surface area contributed by atoms with Crippen LogP contribution in [0.15, 0.2) is 28.7 Å². The third-order valence-electron chi connectivity index (χ3n) is 2.43. The third kappa shape index (κ3) is 2.17. The molecule has 3 N–H and O–H groups in total. The van der Waals surface area contributed by atoms with E-state index in [0.29, 0.717) is 11.0 Å². The van der Waals surface area contributed by atoms with Gasteiger partial charge in [-0.1, -0.05) is 12.1 Å². The molecule has 0 radical (unpaired) electrons. The van der Waals surface area contributed by atoms with E-state index in [9.17, 15) is 9.59 Å². The number of nitrogens with one attached hydrogen (secondary N) is 1. The highest BCUT2D eigenvalue weighted by Crippen LogP contribution is 2.30. The topological polar surface area (TPSA) is 85.3 Å². The van der Waals surface area contributed by atoms with E-state index in [1.54, 1.807) is 24.3 Å². The Labute approximate surface area is 108 Å². The van der Waals surface area contributed by atoms with Crippen molar-refractivity contribution in [2.45, 2.75) is 12.3 Å². The maximum atomic E-state index is 11.6. The van der Waals surface area contributed by atoms with Crippen molar-refractivity contribution >= 4 is 40.1 Å². The Morgan fingerprint density at radius 2 is 2.06 bits per heavy atom. The van der Waals surface area contributed by atoms with Crippen LogP contribution in [0.1, 0.15) is 17.5 Å². The summed E-state index contributed by atoms with van der Waals surface area (Å²) in [5.41, 5.74) is 5.95. The van der Waals surface area contributed by atoms with E-state index in [1.807, 2.05) is 0 Å². The molecule has 0 saturated heterocycles. The van der Waals surface area contributed by atoms with Gasteiger partial charge >= 0.3 is 0 Å². The lowest BCUT2D eigenvalue weighted by Crippen LogP contribution is -2.22. The van der Waals surface area contributed by atoms with E-state index in [0.717, 1.165) is 0 Å². The van der Waals surface area contributed by atoms with Crippen molar-refractivity contribution < 1.29 is 14.0 Å². The third-order valence-corrected chi connectivity index (χ3v) is 2.63. The van der Waals surface area contributed by atoms with Gasteiger partial charge in [-0.25, -0.2) is 0 Å². The number of alkyl halides is 1. The molecule has 94 valence electrons. The number of rotatable bonds is 3. The summed E-state index contributed by atoms with van der Waals surface area (Å²) in [4.78, 5) is 22.9. The smallest absolute Gasteiger partial charge is 0.286 e. The summed E-state index contributed by atoms with van der Waals surface area (Å²) in [5.74, 6) is -1.25. The molecule has 2 aromatic rings. The zero-order valence-electron chi connectivity index (χ0n) is 9.57. The molecule has 18 heavy (non-hydrogen) atoms. The van der Waals surface area contributed by atoms with Crippen molar-refractivity contribution in [1.29, 1.82) is 0 Å². The zero-order chi connectivity index (χ0) is 13.3. The van der Waals surface area contributed by atoms with Gasteiger partial charge in [0.25, 0.3) is 5.91 Å². The second-order valence-corrected chi connectivity index (χ2v) is 4.43. The van der Waals surface area contributed by atoms with Crippen molar-refractivity contribution in [3.63, 3.8) is 0 Å². The van der Waals surface area contributed by atoms with Crippen LogP contribution in [0.3, 0.4) is 0 Å². The summed E-state index contributed by atoms with van der Waals surface area (Å²) < 4.78 is 5.31. The normalized spacial score (nSPS) is 12.3. The van der Waals surface area contributed by atoms with Gasteiger partial charge in [0.2, 0.25) is 11.7 Å². The van der Waals surface area contributed by atoms with Crippen molar-refractivity contribution in [2.24, 2.45) is 5.73 Å². The zero-order valence-corrected chi connectivity index (χ0v) is 10.3. The van der Waals surface area contributed by atoms with Crippen LogP contribution in [0.4, 0.5) is 5.69 Å². The molecular weight excluding hydrogens is 256 g/mol. The minimum absolute atomic E-state index is 0.0816. The average molecular weight is 267 g/mol. The molecule has 0 spiro atoms. The molecule has 1 aromatic carbocycles. The number of carbonyl (C=O) groups is 2. The van der Waals surface area contributed by atoms with Gasteiger partial charge in [0, 0.05) is 5.39 Å². The second kappa shape index (κ2) is 4.70. The van der Waals surface area contributed by atoms with Crippen molar-refractivity contribution in [3.05, 3.63) is 30.0 Å². The van der Waals surface area contributed by atoms with Crippen LogP contribution >= 0.6 is 11.6 Å². The minimum Gasteiger partial charge on any atom is -0.449 e. The Morgan fingerprint density at radius 1 is 1.39 bits per heavy atom. The van der Waals surface area contributed by atoms with E-state index >= 15 is 0 Å². The summed E-state index contributed by atoms with van der Waals surface area (Å²) in [5, 5.41) is 2.43. The number of furan rings is 1. The van der Waals surface area contributed by atoms with E-state index in [-0.39, 0.29) is 11.4 Å². The number of fused-ring (bicyclic) bond motifs is 1. The number of anilines is 1. The van der Waals surface area contributed by atoms with Crippen molar-refractivity contribution in [2.75, 3.05) is 5.32 Å². The number of halogens is 1. The lowest BCUT2D eigenvalue weighted by molar-refractivity contribution is -0.115. The van der Waals surface area contributed by atoms with Gasteiger partial charge in [0.05, 0.1) is 0 Å². The molecule has 5 nitrogen and oxygen atoms in total. The summed E-state index contributed by atoms with van der Waals surface area (Å²) >= 11 is 5.67. The van der Waals surface area contributed by atoms with Gasteiger partial charge < -0.3 is 15.5 Å². The minimum atomic E-state index is -0.747. The largest absolute Gasteiger partial charge is 0.449 e. The molecule has 0 aliphatic carbocycles. The second-order valence-electron chi connectivity index (χ2n) is 3.77.